The van der Waals surface area contributed by atoms with Crippen molar-refractivity contribution in [2.45, 2.75) is 45.1 Å². The van der Waals surface area contributed by atoms with E-state index < -0.39 is 4.92 Å². The first-order chi connectivity index (χ1) is 13.4. The van der Waals surface area contributed by atoms with Crippen molar-refractivity contribution < 1.29 is 14.5 Å². The summed E-state index contributed by atoms with van der Waals surface area (Å²) in [5.41, 5.74) is 0.895. The molecule has 0 aliphatic heterocycles. The van der Waals surface area contributed by atoms with E-state index in [1.807, 2.05) is 12.3 Å². The molecule has 0 spiro atoms. The van der Waals surface area contributed by atoms with Crippen LogP contribution < -0.4 is 5.32 Å². The van der Waals surface area contributed by atoms with Gasteiger partial charge in [-0.2, -0.15) is 0 Å². The fourth-order valence-corrected chi connectivity index (χ4v) is 4.11. The van der Waals surface area contributed by atoms with Crippen molar-refractivity contribution in [2.24, 2.45) is 0 Å². The van der Waals surface area contributed by atoms with Crippen LogP contribution in [-0.2, 0) is 4.79 Å². The number of nitro groups is 1. The fourth-order valence-electron chi connectivity index (χ4n) is 3.40. The van der Waals surface area contributed by atoms with Gasteiger partial charge in [-0.3, -0.25) is 19.7 Å². The molecule has 148 valence electrons. The van der Waals surface area contributed by atoms with Gasteiger partial charge in [0.25, 0.3) is 11.6 Å². The molecule has 1 aliphatic carbocycles. The van der Waals surface area contributed by atoms with Gasteiger partial charge >= 0.3 is 0 Å². The predicted molar refractivity (Wildman–Crippen MR) is 106 cm³/mol. The number of hydrogen-bond donors (Lipinski definition) is 1. The van der Waals surface area contributed by atoms with Gasteiger partial charge in [-0.1, -0.05) is 25.3 Å². The number of aromatic nitrogens is 1. The lowest BCUT2D eigenvalue weighted by molar-refractivity contribution is -0.384. The highest BCUT2D eigenvalue weighted by Crippen LogP contribution is 2.25. The molecule has 0 bridgehead atoms. The minimum atomic E-state index is -0.529. The van der Waals surface area contributed by atoms with Crippen LogP contribution in [0.15, 0.2) is 29.6 Å². The van der Waals surface area contributed by atoms with Crippen LogP contribution in [-0.4, -0.2) is 39.2 Å². The number of benzene rings is 1. The number of carbonyl (C=O) groups is 2. The van der Waals surface area contributed by atoms with E-state index >= 15 is 0 Å². The van der Waals surface area contributed by atoms with Gasteiger partial charge in [0.1, 0.15) is 6.54 Å². The summed E-state index contributed by atoms with van der Waals surface area (Å²) in [7, 11) is 0. The van der Waals surface area contributed by atoms with Crippen LogP contribution in [0, 0.1) is 17.0 Å². The standard InChI is InChI=1S/C19H22N4O4S/c1-13-12-28-19(20-13)21-17(24)11-22(15-7-3-2-4-8-15)18(25)14-6-5-9-16(10-14)23(26)27/h5-6,9-10,12,15H,2-4,7-8,11H2,1H3,(H,20,21,24). The third-order valence-electron chi connectivity index (χ3n) is 4.76. The Morgan fingerprint density at radius 2 is 2.07 bits per heavy atom. The van der Waals surface area contributed by atoms with E-state index in [-0.39, 0.29) is 35.7 Å². The van der Waals surface area contributed by atoms with Gasteiger partial charge < -0.3 is 10.2 Å². The first kappa shape index (κ1) is 19.9. The topological polar surface area (TPSA) is 105 Å². The highest BCUT2D eigenvalue weighted by Gasteiger charge is 2.29. The number of nitrogens with one attached hydrogen (secondary N) is 1. The van der Waals surface area contributed by atoms with Gasteiger partial charge in [-0.25, -0.2) is 4.98 Å². The first-order valence-corrected chi connectivity index (χ1v) is 10.1. The third kappa shape index (κ3) is 4.92. The van der Waals surface area contributed by atoms with Crippen molar-refractivity contribution in [3.05, 3.63) is 51.0 Å². The second kappa shape index (κ2) is 8.92. The molecule has 1 N–H and O–H groups in total. The molecule has 9 heteroatoms. The number of aryl methyl sites for hydroxylation is 1. The lowest BCUT2D eigenvalue weighted by atomic mass is 9.93. The van der Waals surface area contributed by atoms with E-state index in [1.54, 1.807) is 11.0 Å². The van der Waals surface area contributed by atoms with Crippen LogP contribution in [0.1, 0.15) is 48.2 Å². The van der Waals surface area contributed by atoms with Crippen molar-refractivity contribution >= 4 is 34.0 Å². The molecule has 8 nitrogen and oxygen atoms in total. The molecule has 0 saturated heterocycles. The summed E-state index contributed by atoms with van der Waals surface area (Å²) in [6.07, 6.45) is 4.75. The maximum absolute atomic E-state index is 13.1. The zero-order chi connectivity index (χ0) is 20.1. The predicted octanol–water partition coefficient (Wildman–Crippen LogP) is 3.77. The number of anilines is 1. The molecule has 0 unspecified atom stereocenters. The van der Waals surface area contributed by atoms with E-state index in [4.69, 9.17) is 0 Å². The van der Waals surface area contributed by atoms with Gasteiger partial charge in [0, 0.05) is 29.1 Å². The Morgan fingerprint density at radius 1 is 1.32 bits per heavy atom. The van der Waals surface area contributed by atoms with Crippen LogP contribution in [0.4, 0.5) is 10.8 Å². The van der Waals surface area contributed by atoms with Gasteiger partial charge in [0.2, 0.25) is 5.91 Å². The molecule has 1 aromatic carbocycles. The largest absolute Gasteiger partial charge is 0.326 e. The van der Waals surface area contributed by atoms with Crippen LogP contribution in [0.3, 0.4) is 0 Å². The number of nitro benzene ring substituents is 1. The first-order valence-electron chi connectivity index (χ1n) is 9.21. The Labute approximate surface area is 166 Å². The molecule has 0 radical (unpaired) electrons. The monoisotopic (exact) mass is 402 g/mol. The number of hydrogen-bond acceptors (Lipinski definition) is 6. The Bertz CT molecular complexity index is 876. The average Bonchev–Trinajstić information content (AvgIpc) is 3.11. The third-order valence-corrected chi connectivity index (χ3v) is 5.64. The minimum Gasteiger partial charge on any atom is -0.326 e. The van der Waals surface area contributed by atoms with Crippen molar-refractivity contribution in [1.29, 1.82) is 0 Å². The second-order valence-corrected chi connectivity index (χ2v) is 7.73. The summed E-state index contributed by atoms with van der Waals surface area (Å²) < 4.78 is 0. The zero-order valence-corrected chi connectivity index (χ0v) is 16.4. The smallest absolute Gasteiger partial charge is 0.270 e. The van der Waals surface area contributed by atoms with E-state index in [9.17, 15) is 19.7 Å². The molecular weight excluding hydrogens is 380 g/mol. The zero-order valence-electron chi connectivity index (χ0n) is 15.6. The number of amides is 2. The van der Waals surface area contributed by atoms with E-state index in [0.29, 0.717) is 5.13 Å². The summed E-state index contributed by atoms with van der Waals surface area (Å²) in [6, 6.07) is 5.60. The molecule has 2 aromatic rings. The number of rotatable bonds is 6. The maximum Gasteiger partial charge on any atom is 0.270 e. The molecule has 1 aromatic heterocycles. The summed E-state index contributed by atoms with van der Waals surface area (Å²) in [5.74, 6) is -0.681. The summed E-state index contributed by atoms with van der Waals surface area (Å²) in [5, 5.41) is 16.1. The lowest BCUT2D eigenvalue weighted by Crippen LogP contribution is -2.45. The van der Waals surface area contributed by atoms with Crippen molar-refractivity contribution in [2.75, 3.05) is 11.9 Å². The summed E-state index contributed by atoms with van der Waals surface area (Å²) >= 11 is 1.33. The molecule has 28 heavy (non-hydrogen) atoms. The average molecular weight is 402 g/mol. The highest BCUT2D eigenvalue weighted by molar-refractivity contribution is 7.13. The second-order valence-electron chi connectivity index (χ2n) is 6.87. The van der Waals surface area contributed by atoms with Crippen LogP contribution >= 0.6 is 11.3 Å². The normalized spacial score (nSPS) is 14.5. The molecule has 1 heterocycles. The van der Waals surface area contributed by atoms with Gasteiger partial charge in [0.15, 0.2) is 5.13 Å². The van der Waals surface area contributed by atoms with Crippen LogP contribution in [0.5, 0.6) is 0 Å². The molecule has 1 saturated carbocycles. The number of thiazole rings is 1. The van der Waals surface area contributed by atoms with Gasteiger partial charge in [0.05, 0.1) is 10.6 Å². The Hall–Kier alpha value is -2.81. The van der Waals surface area contributed by atoms with Crippen molar-refractivity contribution in [1.82, 2.24) is 9.88 Å². The molecule has 1 fully saturated rings. The number of carbonyl (C=O) groups excluding carboxylic acids is 2. The SMILES string of the molecule is Cc1csc(NC(=O)CN(C(=O)c2cccc([N+](=O)[O-])c2)C2CCCCC2)n1. The fraction of sp³-hybridized carbons (Fsp3) is 0.421. The van der Waals surface area contributed by atoms with Crippen molar-refractivity contribution in [3.63, 3.8) is 0 Å². The summed E-state index contributed by atoms with van der Waals surface area (Å²) in [4.78, 5) is 41.9. The van der Waals surface area contributed by atoms with Gasteiger partial charge in [-0.15, -0.1) is 11.3 Å². The molecule has 2 amide bonds. The van der Waals surface area contributed by atoms with E-state index in [0.717, 1.165) is 37.8 Å². The minimum absolute atomic E-state index is 0.0516. The van der Waals surface area contributed by atoms with E-state index in [1.165, 1.54) is 29.5 Å². The quantitative estimate of drug-likeness (QED) is 0.585. The summed E-state index contributed by atoms with van der Waals surface area (Å²) in [6.45, 7) is 1.73. The lowest BCUT2D eigenvalue weighted by Gasteiger charge is -2.34. The maximum atomic E-state index is 13.1. The molecule has 0 atom stereocenters. The van der Waals surface area contributed by atoms with E-state index in [2.05, 4.69) is 10.3 Å². The highest BCUT2D eigenvalue weighted by atomic mass is 32.1. The van der Waals surface area contributed by atoms with Crippen LogP contribution in [0.2, 0.25) is 0 Å². The number of non-ortho nitro benzene ring substituents is 1. The molecule has 1 aliphatic rings. The Kier molecular flexibility index (Phi) is 6.35. The Morgan fingerprint density at radius 3 is 2.71 bits per heavy atom. The number of nitrogens with zero attached hydrogens (tertiary/aromatic N) is 3. The Balaban J connectivity index is 1.79. The molecular formula is C19H22N4O4S. The molecule has 3 rings (SSSR count). The van der Waals surface area contributed by atoms with Gasteiger partial charge in [-0.05, 0) is 25.8 Å². The van der Waals surface area contributed by atoms with Crippen molar-refractivity contribution in [3.8, 4) is 0 Å². The van der Waals surface area contributed by atoms with Crippen LogP contribution in [0.25, 0.3) is 0 Å².